The standard InChI is InChI=1S/C14H16F3N3O2/c1-21-3-2-20-9-12(8-19-20)11-4-10(7-18)5-13(6-11)22-14(15,16)17/h4-6,8-9H,2-3,7,18H2,1H3. The minimum Gasteiger partial charge on any atom is -0.406 e. The van der Waals surface area contributed by atoms with Crippen molar-refractivity contribution in [1.82, 2.24) is 9.78 Å². The number of rotatable bonds is 6. The molecule has 0 saturated carbocycles. The van der Waals surface area contributed by atoms with E-state index in [0.717, 1.165) is 0 Å². The van der Waals surface area contributed by atoms with Crippen molar-refractivity contribution in [2.75, 3.05) is 13.7 Å². The lowest BCUT2D eigenvalue weighted by molar-refractivity contribution is -0.274. The fourth-order valence-corrected chi connectivity index (χ4v) is 1.96. The van der Waals surface area contributed by atoms with Crippen molar-refractivity contribution in [3.05, 3.63) is 36.2 Å². The number of halogens is 3. The Morgan fingerprint density at radius 2 is 2.00 bits per heavy atom. The topological polar surface area (TPSA) is 62.3 Å². The lowest BCUT2D eigenvalue weighted by Crippen LogP contribution is -2.17. The SMILES string of the molecule is COCCn1cc(-c2cc(CN)cc(OC(F)(F)F)c2)cn1. The zero-order valence-electron chi connectivity index (χ0n) is 11.9. The second kappa shape index (κ2) is 6.80. The van der Waals surface area contributed by atoms with Gasteiger partial charge in [-0.05, 0) is 29.3 Å². The van der Waals surface area contributed by atoms with Gasteiger partial charge in [-0.3, -0.25) is 4.68 Å². The Morgan fingerprint density at radius 1 is 1.23 bits per heavy atom. The summed E-state index contributed by atoms with van der Waals surface area (Å²) >= 11 is 0. The molecule has 0 aliphatic carbocycles. The molecule has 1 heterocycles. The smallest absolute Gasteiger partial charge is 0.406 e. The van der Waals surface area contributed by atoms with Gasteiger partial charge in [0, 0.05) is 25.4 Å². The van der Waals surface area contributed by atoms with E-state index < -0.39 is 6.36 Å². The van der Waals surface area contributed by atoms with Gasteiger partial charge in [-0.25, -0.2) is 0 Å². The Hall–Kier alpha value is -2.06. The average molecular weight is 315 g/mol. The summed E-state index contributed by atoms with van der Waals surface area (Å²) in [6, 6.07) is 4.29. The number of nitrogens with zero attached hydrogens (tertiary/aromatic N) is 2. The second-order valence-corrected chi connectivity index (χ2v) is 4.60. The lowest BCUT2D eigenvalue weighted by Gasteiger charge is -2.11. The Bertz CT molecular complexity index is 626. The average Bonchev–Trinajstić information content (AvgIpc) is 2.91. The van der Waals surface area contributed by atoms with Crippen LogP contribution in [0.15, 0.2) is 30.6 Å². The summed E-state index contributed by atoms with van der Waals surface area (Å²) in [5.74, 6) is -0.296. The van der Waals surface area contributed by atoms with Crippen molar-refractivity contribution in [1.29, 1.82) is 0 Å². The number of benzene rings is 1. The van der Waals surface area contributed by atoms with Crippen molar-refractivity contribution in [3.8, 4) is 16.9 Å². The molecule has 120 valence electrons. The van der Waals surface area contributed by atoms with Crippen molar-refractivity contribution < 1.29 is 22.6 Å². The van der Waals surface area contributed by atoms with Gasteiger partial charge in [0.05, 0.1) is 19.3 Å². The van der Waals surface area contributed by atoms with Gasteiger partial charge in [0.1, 0.15) is 5.75 Å². The van der Waals surface area contributed by atoms with E-state index >= 15 is 0 Å². The fraction of sp³-hybridized carbons (Fsp3) is 0.357. The van der Waals surface area contributed by atoms with Crippen LogP contribution < -0.4 is 10.5 Å². The number of nitrogens with two attached hydrogens (primary N) is 1. The predicted molar refractivity (Wildman–Crippen MR) is 74.1 cm³/mol. The Morgan fingerprint density at radius 3 is 2.64 bits per heavy atom. The van der Waals surface area contributed by atoms with Crippen LogP contribution >= 0.6 is 0 Å². The van der Waals surface area contributed by atoms with Crippen LogP contribution in [0.2, 0.25) is 0 Å². The monoisotopic (exact) mass is 315 g/mol. The van der Waals surface area contributed by atoms with E-state index in [1.807, 2.05) is 0 Å². The largest absolute Gasteiger partial charge is 0.573 e. The van der Waals surface area contributed by atoms with Crippen molar-refractivity contribution in [3.63, 3.8) is 0 Å². The second-order valence-electron chi connectivity index (χ2n) is 4.60. The van der Waals surface area contributed by atoms with E-state index in [-0.39, 0.29) is 12.3 Å². The zero-order chi connectivity index (χ0) is 16.2. The molecule has 2 aromatic rings. The summed E-state index contributed by atoms with van der Waals surface area (Å²) in [6.45, 7) is 1.16. The highest BCUT2D eigenvalue weighted by Gasteiger charge is 2.31. The maximum atomic E-state index is 12.4. The van der Waals surface area contributed by atoms with Crippen LogP contribution in [-0.2, 0) is 17.8 Å². The molecule has 1 aromatic heterocycles. The van der Waals surface area contributed by atoms with Crippen LogP contribution in [0.4, 0.5) is 13.2 Å². The number of methoxy groups -OCH3 is 1. The molecule has 0 amide bonds. The molecular formula is C14H16F3N3O2. The molecule has 0 aliphatic rings. The number of alkyl halides is 3. The molecule has 2 rings (SSSR count). The van der Waals surface area contributed by atoms with E-state index in [2.05, 4.69) is 9.84 Å². The van der Waals surface area contributed by atoms with Gasteiger partial charge in [0.25, 0.3) is 0 Å². The van der Waals surface area contributed by atoms with Gasteiger partial charge in [0.2, 0.25) is 0 Å². The van der Waals surface area contributed by atoms with E-state index in [1.54, 1.807) is 30.3 Å². The Labute approximate surface area is 125 Å². The van der Waals surface area contributed by atoms with Crippen LogP contribution in [0.25, 0.3) is 11.1 Å². The summed E-state index contributed by atoms with van der Waals surface area (Å²) in [5.41, 5.74) is 7.31. The molecule has 22 heavy (non-hydrogen) atoms. The lowest BCUT2D eigenvalue weighted by atomic mass is 10.1. The third-order valence-electron chi connectivity index (χ3n) is 2.93. The summed E-state index contributed by atoms with van der Waals surface area (Å²) in [4.78, 5) is 0. The van der Waals surface area contributed by atoms with Crippen LogP contribution in [0.3, 0.4) is 0 Å². The maximum Gasteiger partial charge on any atom is 0.573 e. The Kier molecular flexibility index (Phi) is 5.04. The zero-order valence-corrected chi connectivity index (χ0v) is 11.9. The molecular weight excluding hydrogens is 299 g/mol. The summed E-state index contributed by atoms with van der Waals surface area (Å²) in [6.07, 6.45) is -1.44. The van der Waals surface area contributed by atoms with E-state index in [9.17, 15) is 13.2 Å². The van der Waals surface area contributed by atoms with Crippen molar-refractivity contribution in [2.24, 2.45) is 5.73 Å². The third kappa shape index (κ3) is 4.47. The van der Waals surface area contributed by atoms with Crippen LogP contribution in [0.1, 0.15) is 5.56 Å². The van der Waals surface area contributed by atoms with Crippen LogP contribution in [0, 0.1) is 0 Å². The first-order valence-corrected chi connectivity index (χ1v) is 6.53. The quantitative estimate of drug-likeness (QED) is 0.890. The third-order valence-corrected chi connectivity index (χ3v) is 2.93. The Balaban J connectivity index is 2.29. The van der Waals surface area contributed by atoms with E-state index in [1.165, 1.54) is 12.1 Å². The van der Waals surface area contributed by atoms with E-state index in [0.29, 0.717) is 29.8 Å². The highest BCUT2D eigenvalue weighted by atomic mass is 19.4. The molecule has 0 fully saturated rings. The molecule has 1 aromatic carbocycles. The molecule has 0 saturated heterocycles. The van der Waals surface area contributed by atoms with E-state index in [4.69, 9.17) is 10.5 Å². The predicted octanol–water partition coefficient (Wildman–Crippen LogP) is 2.55. The van der Waals surface area contributed by atoms with Gasteiger partial charge < -0.3 is 15.2 Å². The fourth-order valence-electron chi connectivity index (χ4n) is 1.96. The molecule has 0 bridgehead atoms. The number of ether oxygens (including phenoxy) is 2. The first-order chi connectivity index (χ1) is 10.4. The minimum atomic E-state index is -4.74. The highest BCUT2D eigenvalue weighted by Crippen LogP contribution is 2.29. The molecule has 0 radical (unpaired) electrons. The van der Waals surface area contributed by atoms with Gasteiger partial charge >= 0.3 is 6.36 Å². The summed E-state index contributed by atoms with van der Waals surface area (Å²) < 4.78 is 47.7. The maximum absolute atomic E-state index is 12.4. The van der Waals surface area contributed by atoms with Gasteiger partial charge in [-0.1, -0.05) is 0 Å². The molecule has 5 nitrogen and oxygen atoms in total. The molecule has 0 atom stereocenters. The summed E-state index contributed by atoms with van der Waals surface area (Å²) in [5, 5.41) is 4.13. The number of aromatic nitrogens is 2. The van der Waals surface area contributed by atoms with Gasteiger partial charge in [0.15, 0.2) is 0 Å². The minimum absolute atomic E-state index is 0.111. The first-order valence-electron chi connectivity index (χ1n) is 6.53. The van der Waals surface area contributed by atoms with Crippen LogP contribution in [-0.4, -0.2) is 29.9 Å². The number of hydrogen-bond donors (Lipinski definition) is 1. The first kappa shape index (κ1) is 16.3. The molecule has 0 aliphatic heterocycles. The van der Waals surface area contributed by atoms with Crippen molar-refractivity contribution in [2.45, 2.75) is 19.5 Å². The highest BCUT2D eigenvalue weighted by molar-refractivity contribution is 5.64. The number of hydrogen-bond acceptors (Lipinski definition) is 4. The molecule has 2 N–H and O–H groups in total. The molecule has 0 unspecified atom stereocenters. The van der Waals surface area contributed by atoms with Crippen LogP contribution in [0.5, 0.6) is 5.75 Å². The van der Waals surface area contributed by atoms with Crippen molar-refractivity contribution >= 4 is 0 Å². The molecule has 0 spiro atoms. The normalized spacial score (nSPS) is 11.7. The van der Waals surface area contributed by atoms with Gasteiger partial charge in [-0.15, -0.1) is 13.2 Å². The summed E-state index contributed by atoms with van der Waals surface area (Å²) in [7, 11) is 1.58. The van der Waals surface area contributed by atoms with Gasteiger partial charge in [-0.2, -0.15) is 5.10 Å². The molecule has 8 heteroatoms.